The fraction of sp³-hybridized carbons (Fsp3) is 0.421. The summed E-state index contributed by atoms with van der Waals surface area (Å²) < 4.78 is 5.97. The molecule has 1 fully saturated rings. The highest BCUT2D eigenvalue weighted by Gasteiger charge is 2.24. The third-order valence-electron chi connectivity index (χ3n) is 4.66. The van der Waals surface area contributed by atoms with Gasteiger partial charge in [0.05, 0.1) is 13.1 Å². The van der Waals surface area contributed by atoms with Gasteiger partial charge in [-0.05, 0) is 32.0 Å². The van der Waals surface area contributed by atoms with Gasteiger partial charge in [0.15, 0.2) is 0 Å². The molecule has 0 spiro atoms. The van der Waals surface area contributed by atoms with Crippen LogP contribution < -0.4 is 0 Å². The van der Waals surface area contributed by atoms with Crippen LogP contribution in [0.2, 0.25) is 0 Å². The largest absolute Gasteiger partial charge is 0.480 e. The van der Waals surface area contributed by atoms with Gasteiger partial charge in [0, 0.05) is 24.7 Å². The molecule has 0 bridgehead atoms. The molecule has 2 heterocycles. The number of nitrogens with zero attached hydrogens (tertiary/aromatic N) is 2. The molecule has 0 unspecified atom stereocenters. The lowest BCUT2D eigenvalue weighted by Crippen LogP contribution is -2.44. The molecule has 0 radical (unpaired) electrons. The predicted octanol–water partition coefficient (Wildman–Crippen LogP) is 2.93. The van der Waals surface area contributed by atoms with Crippen LogP contribution in [-0.4, -0.2) is 53.6 Å². The van der Waals surface area contributed by atoms with Crippen LogP contribution in [-0.2, 0) is 11.3 Å². The maximum atomic E-state index is 10.8. The lowest BCUT2D eigenvalue weighted by molar-refractivity contribution is -0.138. The van der Waals surface area contributed by atoms with Crippen LogP contribution in [0.15, 0.2) is 46.9 Å². The molecule has 3 rings (SSSR count). The Bertz CT molecular complexity index is 660. The van der Waals surface area contributed by atoms with Crippen LogP contribution in [0.5, 0.6) is 0 Å². The molecule has 0 aliphatic carbocycles. The van der Waals surface area contributed by atoms with Gasteiger partial charge in [0.1, 0.15) is 11.5 Å². The monoisotopic (exact) mass is 328 g/mol. The van der Waals surface area contributed by atoms with Crippen molar-refractivity contribution in [2.24, 2.45) is 0 Å². The van der Waals surface area contributed by atoms with Crippen LogP contribution in [0, 0.1) is 0 Å². The van der Waals surface area contributed by atoms with Crippen molar-refractivity contribution in [3.63, 3.8) is 0 Å². The van der Waals surface area contributed by atoms with Crippen LogP contribution in [0.3, 0.4) is 0 Å². The minimum absolute atomic E-state index is 0.114. The second-order valence-corrected chi connectivity index (χ2v) is 6.45. The van der Waals surface area contributed by atoms with Gasteiger partial charge in [0.25, 0.3) is 0 Å². The Hall–Kier alpha value is -2.11. The van der Waals surface area contributed by atoms with E-state index in [1.807, 2.05) is 54.4 Å². The highest BCUT2D eigenvalue weighted by Crippen LogP contribution is 2.24. The van der Waals surface area contributed by atoms with Crippen LogP contribution in [0.1, 0.15) is 18.6 Å². The van der Waals surface area contributed by atoms with E-state index in [1.165, 1.54) is 0 Å². The number of rotatable bonds is 6. The number of carbonyl (C=O) groups is 1. The minimum Gasteiger partial charge on any atom is -0.480 e. The number of benzene rings is 1. The first-order valence-electron chi connectivity index (χ1n) is 8.40. The molecular weight excluding hydrogens is 304 g/mol. The van der Waals surface area contributed by atoms with E-state index in [9.17, 15) is 4.79 Å². The summed E-state index contributed by atoms with van der Waals surface area (Å²) in [5.74, 6) is 1.12. The number of piperidine rings is 1. The number of hydrogen-bond acceptors (Lipinski definition) is 4. The van der Waals surface area contributed by atoms with Gasteiger partial charge in [-0.2, -0.15) is 0 Å². The fourth-order valence-electron chi connectivity index (χ4n) is 3.30. The van der Waals surface area contributed by atoms with Gasteiger partial charge in [-0.3, -0.25) is 14.6 Å². The molecule has 1 N–H and O–H groups in total. The quantitative estimate of drug-likeness (QED) is 0.883. The number of hydrogen-bond donors (Lipinski definition) is 1. The molecule has 1 aliphatic heterocycles. The summed E-state index contributed by atoms with van der Waals surface area (Å²) in [5, 5.41) is 8.89. The van der Waals surface area contributed by atoms with Crippen LogP contribution in [0.4, 0.5) is 0 Å². The normalized spacial score (nSPS) is 16.6. The van der Waals surface area contributed by atoms with Crippen molar-refractivity contribution < 1.29 is 14.3 Å². The van der Waals surface area contributed by atoms with Gasteiger partial charge in [-0.25, -0.2) is 0 Å². The van der Waals surface area contributed by atoms with Crippen molar-refractivity contribution in [2.45, 2.75) is 25.4 Å². The molecule has 1 aromatic carbocycles. The molecule has 0 atom stereocenters. The molecule has 0 saturated carbocycles. The van der Waals surface area contributed by atoms with Gasteiger partial charge in [0.2, 0.25) is 0 Å². The Morgan fingerprint density at radius 3 is 2.58 bits per heavy atom. The fourth-order valence-corrected chi connectivity index (χ4v) is 3.30. The molecule has 1 aliphatic rings. The first-order valence-corrected chi connectivity index (χ1v) is 8.40. The Labute approximate surface area is 142 Å². The van der Waals surface area contributed by atoms with Crippen LogP contribution in [0.25, 0.3) is 11.3 Å². The molecule has 1 saturated heterocycles. The average molecular weight is 328 g/mol. The summed E-state index contributed by atoms with van der Waals surface area (Å²) in [4.78, 5) is 15.1. The average Bonchev–Trinajstić information content (AvgIpc) is 3.04. The van der Waals surface area contributed by atoms with E-state index in [0.29, 0.717) is 6.04 Å². The summed E-state index contributed by atoms with van der Waals surface area (Å²) in [6.07, 6.45) is 1.99. The lowest BCUT2D eigenvalue weighted by Gasteiger charge is -2.35. The molecule has 128 valence electrons. The molecule has 2 aromatic rings. The zero-order valence-electron chi connectivity index (χ0n) is 14.0. The number of carboxylic acid groups (broad SMARTS) is 1. The zero-order chi connectivity index (χ0) is 16.9. The van der Waals surface area contributed by atoms with E-state index < -0.39 is 5.97 Å². The third-order valence-corrected chi connectivity index (χ3v) is 4.66. The van der Waals surface area contributed by atoms with E-state index in [-0.39, 0.29) is 6.54 Å². The molecule has 5 heteroatoms. The first kappa shape index (κ1) is 16.7. The molecule has 0 amide bonds. The first-order chi connectivity index (χ1) is 11.6. The van der Waals surface area contributed by atoms with Gasteiger partial charge in [-0.1, -0.05) is 30.3 Å². The minimum atomic E-state index is -0.760. The number of likely N-dealkylation sites (tertiary alicyclic amines) is 1. The Kier molecular flexibility index (Phi) is 5.33. The van der Waals surface area contributed by atoms with E-state index in [4.69, 9.17) is 9.52 Å². The smallest absolute Gasteiger partial charge is 0.317 e. The second-order valence-electron chi connectivity index (χ2n) is 6.45. The Morgan fingerprint density at radius 2 is 1.92 bits per heavy atom. The van der Waals surface area contributed by atoms with Crippen molar-refractivity contribution in [1.29, 1.82) is 0 Å². The molecule has 24 heavy (non-hydrogen) atoms. The highest BCUT2D eigenvalue weighted by atomic mass is 16.4. The van der Waals surface area contributed by atoms with Crippen molar-refractivity contribution in [2.75, 3.05) is 26.7 Å². The van der Waals surface area contributed by atoms with E-state index in [0.717, 1.165) is 49.6 Å². The summed E-state index contributed by atoms with van der Waals surface area (Å²) >= 11 is 0. The summed E-state index contributed by atoms with van der Waals surface area (Å²) in [6, 6.07) is 14.5. The van der Waals surface area contributed by atoms with Gasteiger partial charge < -0.3 is 9.52 Å². The van der Waals surface area contributed by atoms with Gasteiger partial charge in [-0.15, -0.1) is 0 Å². The third kappa shape index (κ3) is 4.24. The Morgan fingerprint density at radius 1 is 1.21 bits per heavy atom. The number of furan rings is 1. The predicted molar refractivity (Wildman–Crippen MR) is 92.7 cm³/mol. The summed E-state index contributed by atoms with van der Waals surface area (Å²) in [5.41, 5.74) is 1.10. The Balaban J connectivity index is 1.52. The summed E-state index contributed by atoms with van der Waals surface area (Å²) in [7, 11) is 1.90. The summed E-state index contributed by atoms with van der Waals surface area (Å²) in [6.45, 7) is 2.86. The molecule has 1 aromatic heterocycles. The number of likely N-dealkylation sites (N-methyl/N-ethyl adjacent to an activating group) is 1. The number of carboxylic acids is 1. The maximum Gasteiger partial charge on any atom is 0.317 e. The zero-order valence-corrected chi connectivity index (χ0v) is 14.0. The van der Waals surface area contributed by atoms with Crippen molar-refractivity contribution in [3.05, 3.63) is 48.2 Å². The highest BCUT2D eigenvalue weighted by molar-refractivity contribution is 5.69. The molecule has 5 nitrogen and oxygen atoms in total. The van der Waals surface area contributed by atoms with E-state index in [2.05, 4.69) is 4.90 Å². The maximum absolute atomic E-state index is 10.8. The van der Waals surface area contributed by atoms with Crippen LogP contribution >= 0.6 is 0 Å². The van der Waals surface area contributed by atoms with Crippen molar-refractivity contribution in [3.8, 4) is 11.3 Å². The lowest BCUT2D eigenvalue weighted by atomic mass is 10.0. The standard InChI is InChI=1S/C19H24N2O3/c1-20(14-19(22)23)16-9-11-21(12-10-16)13-17-7-8-18(24-17)15-5-3-2-4-6-15/h2-8,16H,9-14H2,1H3,(H,22,23). The van der Waals surface area contributed by atoms with Crippen molar-refractivity contribution in [1.82, 2.24) is 9.80 Å². The second kappa shape index (κ2) is 7.64. The topological polar surface area (TPSA) is 56.9 Å². The molecular formula is C19H24N2O3. The number of aliphatic carboxylic acids is 1. The van der Waals surface area contributed by atoms with E-state index in [1.54, 1.807) is 0 Å². The SMILES string of the molecule is CN(CC(=O)O)C1CCN(Cc2ccc(-c3ccccc3)o2)CC1. The van der Waals surface area contributed by atoms with Gasteiger partial charge >= 0.3 is 5.97 Å². The van der Waals surface area contributed by atoms with E-state index >= 15 is 0 Å². The van der Waals surface area contributed by atoms with Crippen molar-refractivity contribution >= 4 is 5.97 Å².